The minimum absolute atomic E-state index is 0.0175. The molecule has 2 aromatic carbocycles. The molecule has 0 radical (unpaired) electrons. The number of alkyl halides is 3. The van der Waals surface area contributed by atoms with Gasteiger partial charge in [0.2, 0.25) is 0 Å². The maximum Gasteiger partial charge on any atom is 0.416 e. The minimum atomic E-state index is -4.52. The van der Waals surface area contributed by atoms with E-state index in [-0.39, 0.29) is 27.9 Å². The van der Waals surface area contributed by atoms with E-state index in [0.29, 0.717) is 0 Å². The normalized spacial score (nSPS) is 11.6. The molecule has 0 N–H and O–H groups in total. The summed E-state index contributed by atoms with van der Waals surface area (Å²) in [4.78, 5) is 16.1. The SMILES string of the molecule is CN(C)C=Nc1cc(Oc2ccc(C(F)(F)F)cc2Cl)ccc1[N+](=O)[O-]. The van der Waals surface area contributed by atoms with Crippen molar-refractivity contribution in [1.82, 2.24) is 4.90 Å². The number of aliphatic imine (C=N–C) groups is 1. The molecule has 0 unspecified atom stereocenters. The Bertz CT molecular complexity index is 854. The summed E-state index contributed by atoms with van der Waals surface area (Å²) < 4.78 is 43.4. The zero-order chi connectivity index (χ0) is 19.5. The number of nitro benzene ring substituents is 1. The molecule has 0 aliphatic carbocycles. The summed E-state index contributed by atoms with van der Waals surface area (Å²) in [5, 5.41) is 10.8. The summed E-state index contributed by atoms with van der Waals surface area (Å²) in [7, 11) is 3.38. The van der Waals surface area contributed by atoms with Crippen LogP contribution >= 0.6 is 11.6 Å². The van der Waals surface area contributed by atoms with Crippen LogP contribution in [0.5, 0.6) is 11.5 Å². The van der Waals surface area contributed by atoms with Crippen LogP contribution in [-0.4, -0.2) is 30.3 Å². The highest BCUT2D eigenvalue weighted by Crippen LogP contribution is 2.38. The minimum Gasteiger partial charge on any atom is -0.456 e. The summed E-state index contributed by atoms with van der Waals surface area (Å²) in [6, 6.07) is 6.45. The molecule has 0 bridgehead atoms. The summed E-state index contributed by atoms with van der Waals surface area (Å²) in [6.07, 6.45) is -3.15. The molecule has 10 heteroatoms. The van der Waals surface area contributed by atoms with Gasteiger partial charge in [0.05, 0.1) is 21.8 Å². The number of nitrogens with zero attached hydrogens (tertiary/aromatic N) is 3. The molecule has 0 atom stereocenters. The molecular formula is C16H13ClF3N3O3. The highest BCUT2D eigenvalue weighted by Gasteiger charge is 2.31. The van der Waals surface area contributed by atoms with Crippen LogP contribution in [0.25, 0.3) is 0 Å². The van der Waals surface area contributed by atoms with E-state index in [2.05, 4.69) is 4.99 Å². The Hall–Kier alpha value is -2.81. The molecular weight excluding hydrogens is 375 g/mol. The maximum absolute atomic E-state index is 12.7. The van der Waals surface area contributed by atoms with E-state index >= 15 is 0 Å². The van der Waals surface area contributed by atoms with Crippen LogP contribution in [0.15, 0.2) is 41.4 Å². The van der Waals surface area contributed by atoms with Crippen molar-refractivity contribution in [1.29, 1.82) is 0 Å². The van der Waals surface area contributed by atoms with Gasteiger partial charge in [-0.3, -0.25) is 10.1 Å². The second kappa shape index (κ2) is 7.61. The number of rotatable bonds is 5. The lowest BCUT2D eigenvalue weighted by Crippen LogP contribution is -2.07. The summed E-state index contributed by atoms with van der Waals surface area (Å²) in [5.74, 6) is 0.124. The highest BCUT2D eigenvalue weighted by molar-refractivity contribution is 6.32. The first kappa shape index (κ1) is 19.5. The largest absolute Gasteiger partial charge is 0.456 e. The Balaban J connectivity index is 2.35. The van der Waals surface area contributed by atoms with Gasteiger partial charge in [0.1, 0.15) is 17.2 Å². The van der Waals surface area contributed by atoms with Crippen LogP contribution < -0.4 is 4.74 Å². The lowest BCUT2D eigenvalue weighted by molar-refractivity contribution is -0.384. The van der Waals surface area contributed by atoms with Crippen molar-refractivity contribution >= 4 is 29.3 Å². The first-order valence-corrected chi connectivity index (χ1v) is 7.49. The predicted molar refractivity (Wildman–Crippen MR) is 91.5 cm³/mol. The van der Waals surface area contributed by atoms with Gasteiger partial charge in [0, 0.05) is 26.2 Å². The second-order valence-electron chi connectivity index (χ2n) is 5.36. The monoisotopic (exact) mass is 387 g/mol. The quantitative estimate of drug-likeness (QED) is 0.303. The van der Waals surface area contributed by atoms with Crippen molar-refractivity contribution in [3.05, 3.63) is 57.1 Å². The Labute approximate surface area is 151 Å². The van der Waals surface area contributed by atoms with Gasteiger partial charge in [-0.25, -0.2) is 4.99 Å². The van der Waals surface area contributed by atoms with E-state index < -0.39 is 16.7 Å². The third kappa shape index (κ3) is 4.85. The molecule has 0 saturated heterocycles. The third-order valence-corrected chi connectivity index (χ3v) is 3.35. The van der Waals surface area contributed by atoms with Crippen LogP contribution in [-0.2, 0) is 6.18 Å². The van der Waals surface area contributed by atoms with E-state index in [1.54, 1.807) is 19.0 Å². The van der Waals surface area contributed by atoms with Crippen molar-refractivity contribution in [3.8, 4) is 11.5 Å². The fourth-order valence-electron chi connectivity index (χ4n) is 1.89. The van der Waals surface area contributed by atoms with Crippen LogP contribution in [0.3, 0.4) is 0 Å². The number of nitro groups is 1. The number of benzene rings is 2. The number of hydrogen-bond acceptors (Lipinski definition) is 4. The molecule has 0 fully saturated rings. The standard InChI is InChI=1S/C16H13ClF3N3O3/c1-22(2)9-21-13-8-11(4-5-14(13)23(24)25)26-15-6-3-10(7-12(15)17)16(18,19)20/h3-9H,1-2H3. The molecule has 0 aliphatic heterocycles. The van der Waals surface area contributed by atoms with Gasteiger partial charge in [0.25, 0.3) is 5.69 Å². The predicted octanol–water partition coefficient (Wildman–Crippen LogP) is 5.28. The van der Waals surface area contributed by atoms with Crippen molar-refractivity contribution < 1.29 is 22.8 Å². The molecule has 0 spiro atoms. The first-order valence-electron chi connectivity index (χ1n) is 7.11. The van der Waals surface area contributed by atoms with Gasteiger partial charge in [-0.1, -0.05) is 11.6 Å². The van der Waals surface area contributed by atoms with Crippen LogP contribution in [0, 0.1) is 10.1 Å². The van der Waals surface area contributed by atoms with Crippen LogP contribution in [0.2, 0.25) is 5.02 Å². The Morgan fingerprint density at radius 2 is 1.92 bits per heavy atom. The van der Waals surface area contributed by atoms with Gasteiger partial charge < -0.3 is 9.64 Å². The Morgan fingerprint density at radius 1 is 1.23 bits per heavy atom. The average Bonchev–Trinajstić information content (AvgIpc) is 2.53. The molecule has 0 heterocycles. The Kier molecular flexibility index (Phi) is 5.71. The summed E-state index contributed by atoms with van der Waals surface area (Å²) >= 11 is 5.84. The number of hydrogen-bond donors (Lipinski definition) is 0. The molecule has 0 aromatic heterocycles. The van der Waals surface area contributed by atoms with Gasteiger partial charge in [0.15, 0.2) is 0 Å². The van der Waals surface area contributed by atoms with Crippen LogP contribution in [0.1, 0.15) is 5.56 Å². The maximum atomic E-state index is 12.7. The fraction of sp³-hybridized carbons (Fsp3) is 0.188. The molecule has 2 rings (SSSR count). The van der Waals surface area contributed by atoms with Crippen molar-refractivity contribution in [2.45, 2.75) is 6.18 Å². The van der Waals surface area contributed by atoms with E-state index in [1.165, 1.54) is 24.5 Å². The fourth-order valence-corrected chi connectivity index (χ4v) is 2.11. The number of halogens is 4. The van der Waals surface area contributed by atoms with Gasteiger partial charge in [-0.05, 0) is 24.3 Å². The van der Waals surface area contributed by atoms with Crippen molar-refractivity contribution in [2.24, 2.45) is 4.99 Å². The van der Waals surface area contributed by atoms with Gasteiger partial charge >= 0.3 is 6.18 Å². The zero-order valence-corrected chi connectivity index (χ0v) is 14.4. The van der Waals surface area contributed by atoms with E-state index in [9.17, 15) is 23.3 Å². The van der Waals surface area contributed by atoms with Crippen molar-refractivity contribution in [2.75, 3.05) is 14.1 Å². The molecule has 26 heavy (non-hydrogen) atoms. The van der Waals surface area contributed by atoms with E-state index in [0.717, 1.165) is 18.2 Å². The molecule has 0 saturated carbocycles. The second-order valence-corrected chi connectivity index (χ2v) is 5.77. The summed E-state index contributed by atoms with van der Waals surface area (Å²) in [6.45, 7) is 0. The zero-order valence-electron chi connectivity index (χ0n) is 13.6. The van der Waals surface area contributed by atoms with E-state index in [1.807, 2.05) is 0 Å². The molecule has 6 nitrogen and oxygen atoms in total. The van der Waals surface area contributed by atoms with Crippen molar-refractivity contribution in [3.63, 3.8) is 0 Å². The van der Waals surface area contributed by atoms with Gasteiger partial charge in [-0.2, -0.15) is 13.2 Å². The van der Waals surface area contributed by atoms with E-state index in [4.69, 9.17) is 16.3 Å². The lowest BCUT2D eigenvalue weighted by atomic mass is 10.2. The molecule has 0 amide bonds. The lowest BCUT2D eigenvalue weighted by Gasteiger charge is -2.11. The van der Waals surface area contributed by atoms with Gasteiger partial charge in [-0.15, -0.1) is 0 Å². The topological polar surface area (TPSA) is 68.0 Å². The Morgan fingerprint density at radius 3 is 2.46 bits per heavy atom. The molecule has 2 aromatic rings. The summed E-state index contributed by atoms with van der Waals surface area (Å²) in [5.41, 5.74) is -1.12. The first-order chi connectivity index (χ1) is 12.1. The average molecular weight is 388 g/mol. The smallest absolute Gasteiger partial charge is 0.416 e. The number of ether oxygens (including phenoxy) is 1. The van der Waals surface area contributed by atoms with Crippen LogP contribution in [0.4, 0.5) is 24.5 Å². The molecule has 0 aliphatic rings. The molecule has 138 valence electrons. The highest BCUT2D eigenvalue weighted by atomic mass is 35.5. The third-order valence-electron chi connectivity index (χ3n) is 3.06.